The monoisotopic (exact) mass is 350 g/mol. The van der Waals surface area contributed by atoms with Gasteiger partial charge in [-0.2, -0.15) is 4.31 Å². The first kappa shape index (κ1) is 14.9. The third kappa shape index (κ3) is 2.99. The van der Waals surface area contributed by atoms with Gasteiger partial charge in [0, 0.05) is 23.6 Å². The topological polar surface area (TPSA) is 49.4 Å². The minimum atomic E-state index is -3.58. The molecule has 1 N–H and O–H groups in total. The van der Waals surface area contributed by atoms with Crippen molar-refractivity contribution < 1.29 is 12.8 Å². The van der Waals surface area contributed by atoms with Gasteiger partial charge in [0.25, 0.3) is 0 Å². The highest BCUT2D eigenvalue weighted by Gasteiger charge is 2.35. The summed E-state index contributed by atoms with van der Waals surface area (Å²) in [4.78, 5) is 0.122. The van der Waals surface area contributed by atoms with E-state index in [9.17, 15) is 12.8 Å². The summed E-state index contributed by atoms with van der Waals surface area (Å²) in [5, 5.41) is 3.01. The molecule has 1 aliphatic heterocycles. The van der Waals surface area contributed by atoms with Crippen molar-refractivity contribution in [1.82, 2.24) is 9.62 Å². The summed E-state index contributed by atoms with van der Waals surface area (Å²) in [5.74, 6) is -0.459. The highest BCUT2D eigenvalue weighted by Crippen LogP contribution is 2.30. The number of rotatable bonds is 4. The lowest BCUT2D eigenvalue weighted by atomic mass is 10.2. The molecule has 0 amide bonds. The molecule has 19 heavy (non-hydrogen) atoms. The summed E-state index contributed by atoms with van der Waals surface area (Å²) < 4.78 is 40.0. The average molecular weight is 351 g/mol. The van der Waals surface area contributed by atoms with E-state index in [-0.39, 0.29) is 15.4 Å². The molecule has 4 nitrogen and oxygen atoms in total. The maximum absolute atomic E-state index is 13.1. The van der Waals surface area contributed by atoms with Crippen molar-refractivity contribution in [2.45, 2.75) is 23.8 Å². The maximum atomic E-state index is 13.1. The standard InChI is InChI=1S/C12H16BrFN2O2S/c1-15-8-10-3-2-6-16(10)19(17,18)12-5-4-9(14)7-11(12)13/h4-5,7,10,15H,2-3,6,8H2,1H3/t10-/m1/s1. The third-order valence-electron chi connectivity index (χ3n) is 3.24. The van der Waals surface area contributed by atoms with Crippen LogP contribution in [0.4, 0.5) is 4.39 Å². The summed E-state index contributed by atoms with van der Waals surface area (Å²) in [6.07, 6.45) is 1.70. The average Bonchev–Trinajstić information content (AvgIpc) is 2.78. The van der Waals surface area contributed by atoms with Gasteiger partial charge in [-0.3, -0.25) is 0 Å². The quantitative estimate of drug-likeness (QED) is 0.902. The van der Waals surface area contributed by atoms with Crippen molar-refractivity contribution in [2.75, 3.05) is 20.1 Å². The fourth-order valence-corrected chi connectivity index (χ4v) is 5.08. The van der Waals surface area contributed by atoms with E-state index in [2.05, 4.69) is 21.2 Å². The number of likely N-dealkylation sites (N-methyl/N-ethyl adjacent to an activating group) is 1. The van der Waals surface area contributed by atoms with Crippen LogP contribution in [-0.4, -0.2) is 38.9 Å². The van der Waals surface area contributed by atoms with E-state index in [1.54, 1.807) is 7.05 Å². The molecular weight excluding hydrogens is 335 g/mol. The van der Waals surface area contributed by atoms with Crippen LogP contribution in [0.25, 0.3) is 0 Å². The van der Waals surface area contributed by atoms with Gasteiger partial charge in [-0.15, -0.1) is 0 Å². The van der Waals surface area contributed by atoms with E-state index in [0.29, 0.717) is 13.1 Å². The highest BCUT2D eigenvalue weighted by molar-refractivity contribution is 9.10. The van der Waals surface area contributed by atoms with E-state index in [0.717, 1.165) is 12.8 Å². The number of hydrogen-bond acceptors (Lipinski definition) is 3. The second-order valence-electron chi connectivity index (χ2n) is 4.54. The maximum Gasteiger partial charge on any atom is 0.244 e. The molecule has 1 saturated heterocycles. The van der Waals surface area contributed by atoms with Crippen molar-refractivity contribution in [2.24, 2.45) is 0 Å². The summed E-state index contributed by atoms with van der Waals surface area (Å²) in [6.45, 7) is 1.14. The Hall–Kier alpha value is -0.500. The highest BCUT2D eigenvalue weighted by atomic mass is 79.9. The number of halogens is 2. The van der Waals surface area contributed by atoms with Gasteiger partial charge in [0.15, 0.2) is 0 Å². The number of benzene rings is 1. The fraction of sp³-hybridized carbons (Fsp3) is 0.500. The van der Waals surface area contributed by atoms with E-state index in [1.165, 1.54) is 22.5 Å². The molecule has 2 rings (SSSR count). The van der Waals surface area contributed by atoms with Gasteiger partial charge < -0.3 is 5.32 Å². The first-order valence-electron chi connectivity index (χ1n) is 6.08. The van der Waals surface area contributed by atoms with Gasteiger partial charge in [-0.1, -0.05) is 0 Å². The molecule has 0 spiro atoms. The SMILES string of the molecule is CNC[C@H]1CCCN1S(=O)(=O)c1ccc(F)cc1Br. The van der Waals surface area contributed by atoms with Crippen molar-refractivity contribution in [3.05, 3.63) is 28.5 Å². The van der Waals surface area contributed by atoms with E-state index < -0.39 is 15.8 Å². The van der Waals surface area contributed by atoms with Crippen molar-refractivity contribution in [3.8, 4) is 0 Å². The number of hydrogen-bond donors (Lipinski definition) is 1. The predicted octanol–water partition coefficient (Wildman–Crippen LogP) is 1.96. The lowest BCUT2D eigenvalue weighted by molar-refractivity contribution is 0.379. The van der Waals surface area contributed by atoms with Crippen LogP contribution in [0.2, 0.25) is 0 Å². The molecule has 0 aromatic heterocycles. The number of sulfonamides is 1. The van der Waals surface area contributed by atoms with Gasteiger partial charge >= 0.3 is 0 Å². The molecule has 1 fully saturated rings. The molecule has 0 radical (unpaired) electrons. The summed E-state index contributed by atoms with van der Waals surface area (Å²) >= 11 is 3.13. The Morgan fingerprint density at radius 2 is 2.26 bits per heavy atom. The van der Waals surface area contributed by atoms with Crippen LogP contribution in [0.3, 0.4) is 0 Å². The summed E-state index contributed by atoms with van der Waals surface area (Å²) in [6, 6.07) is 3.62. The van der Waals surface area contributed by atoms with E-state index in [1.807, 2.05) is 0 Å². The Kier molecular flexibility index (Phi) is 4.60. The zero-order chi connectivity index (χ0) is 14.0. The number of nitrogens with zero attached hydrogens (tertiary/aromatic N) is 1. The molecule has 0 aliphatic carbocycles. The van der Waals surface area contributed by atoms with Crippen LogP contribution in [0.5, 0.6) is 0 Å². The summed E-state index contributed by atoms with van der Waals surface area (Å²) in [7, 11) is -1.78. The van der Waals surface area contributed by atoms with Crippen LogP contribution >= 0.6 is 15.9 Å². The molecule has 1 aromatic carbocycles. The lowest BCUT2D eigenvalue weighted by Crippen LogP contribution is -2.40. The zero-order valence-corrected chi connectivity index (χ0v) is 13.0. The first-order valence-corrected chi connectivity index (χ1v) is 8.31. The Bertz CT molecular complexity index is 565. The second kappa shape index (κ2) is 5.87. The first-order chi connectivity index (χ1) is 8.96. The van der Waals surface area contributed by atoms with Gasteiger partial charge in [0.05, 0.1) is 4.90 Å². The van der Waals surface area contributed by atoms with E-state index >= 15 is 0 Å². The fourth-order valence-electron chi connectivity index (χ4n) is 2.38. The minimum absolute atomic E-state index is 0.0352. The predicted molar refractivity (Wildman–Crippen MR) is 74.9 cm³/mol. The molecule has 1 atom stereocenters. The van der Waals surface area contributed by atoms with Crippen LogP contribution < -0.4 is 5.32 Å². The lowest BCUT2D eigenvalue weighted by Gasteiger charge is -2.24. The minimum Gasteiger partial charge on any atom is -0.318 e. The summed E-state index contributed by atoms with van der Waals surface area (Å²) in [5.41, 5.74) is 0. The van der Waals surface area contributed by atoms with Crippen molar-refractivity contribution >= 4 is 26.0 Å². The molecular formula is C12H16BrFN2O2S. The van der Waals surface area contributed by atoms with Crippen LogP contribution in [0.1, 0.15) is 12.8 Å². The molecule has 0 saturated carbocycles. The van der Waals surface area contributed by atoms with Crippen molar-refractivity contribution in [1.29, 1.82) is 0 Å². The largest absolute Gasteiger partial charge is 0.318 e. The van der Waals surface area contributed by atoms with Crippen LogP contribution in [0.15, 0.2) is 27.6 Å². The second-order valence-corrected chi connectivity index (χ2v) is 7.26. The van der Waals surface area contributed by atoms with Gasteiger partial charge in [-0.25, -0.2) is 12.8 Å². The Labute approximate surface area is 121 Å². The van der Waals surface area contributed by atoms with Crippen LogP contribution in [-0.2, 0) is 10.0 Å². The van der Waals surface area contributed by atoms with Crippen LogP contribution in [0, 0.1) is 5.82 Å². The van der Waals surface area contributed by atoms with E-state index in [4.69, 9.17) is 0 Å². The Morgan fingerprint density at radius 3 is 2.89 bits per heavy atom. The molecule has 0 unspecified atom stereocenters. The molecule has 106 valence electrons. The molecule has 0 bridgehead atoms. The van der Waals surface area contributed by atoms with Gasteiger partial charge in [0.2, 0.25) is 10.0 Å². The normalized spacial score (nSPS) is 20.9. The molecule has 7 heteroatoms. The van der Waals surface area contributed by atoms with Gasteiger partial charge in [-0.05, 0) is 54.0 Å². The Morgan fingerprint density at radius 1 is 1.53 bits per heavy atom. The molecule has 1 aromatic rings. The zero-order valence-electron chi connectivity index (χ0n) is 10.6. The molecule has 1 heterocycles. The number of nitrogens with one attached hydrogen (secondary N) is 1. The molecule has 1 aliphatic rings. The Balaban J connectivity index is 2.36. The smallest absolute Gasteiger partial charge is 0.244 e. The third-order valence-corrected chi connectivity index (χ3v) is 6.17. The van der Waals surface area contributed by atoms with Gasteiger partial charge in [0.1, 0.15) is 5.82 Å². The van der Waals surface area contributed by atoms with Crippen molar-refractivity contribution in [3.63, 3.8) is 0 Å².